The van der Waals surface area contributed by atoms with Crippen molar-refractivity contribution in [1.29, 1.82) is 0 Å². The number of amides is 1. The summed E-state index contributed by atoms with van der Waals surface area (Å²) in [6, 6.07) is 17.9. The largest absolute Gasteiger partial charge is 0.324 e. The number of para-hydroxylation sites is 1. The number of fused-ring (bicyclic) bond motifs is 1. The maximum Gasteiger partial charge on any atom is 0.280 e. The fraction of sp³-hybridized carbons (Fsp3) is 0.0500. The number of carbonyl (C=O) groups excluding carboxylic acids is 1. The topological polar surface area (TPSA) is 68.9 Å². The number of aromatic nitrogens is 3. The lowest BCUT2D eigenvalue weighted by Gasteiger charge is -2.12. The third-order valence-corrected chi connectivity index (χ3v) is 4.12. The molecule has 0 unspecified atom stereocenters. The van der Waals surface area contributed by atoms with Gasteiger partial charge in [0.2, 0.25) is 5.91 Å². The minimum absolute atomic E-state index is 0.123. The van der Waals surface area contributed by atoms with E-state index < -0.39 is 0 Å². The van der Waals surface area contributed by atoms with Gasteiger partial charge in [0, 0.05) is 11.9 Å². The molecule has 2 aromatic heterocycles. The van der Waals surface area contributed by atoms with E-state index in [9.17, 15) is 14.0 Å². The number of anilines is 1. The maximum absolute atomic E-state index is 13.0. The highest BCUT2D eigenvalue weighted by atomic mass is 19.1. The van der Waals surface area contributed by atoms with Crippen LogP contribution < -0.4 is 10.9 Å². The zero-order valence-corrected chi connectivity index (χ0v) is 14.2. The van der Waals surface area contributed by atoms with Gasteiger partial charge in [0.25, 0.3) is 5.56 Å². The number of pyridine rings is 1. The van der Waals surface area contributed by atoms with Gasteiger partial charge in [-0.2, -0.15) is 0 Å². The zero-order valence-electron chi connectivity index (χ0n) is 14.2. The fourth-order valence-corrected chi connectivity index (χ4v) is 2.93. The van der Waals surface area contributed by atoms with E-state index in [1.165, 1.54) is 33.6 Å². The lowest BCUT2D eigenvalue weighted by atomic mass is 10.3. The summed E-state index contributed by atoms with van der Waals surface area (Å²) in [5.41, 5.74) is 1.27. The average molecular weight is 362 g/mol. The third kappa shape index (κ3) is 3.22. The van der Waals surface area contributed by atoms with Crippen molar-refractivity contribution in [3.8, 4) is 5.69 Å². The monoisotopic (exact) mass is 362 g/mol. The van der Waals surface area contributed by atoms with Crippen LogP contribution in [0.25, 0.3) is 16.7 Å². The molecule has 2 heterocycles. The molecule has 0 spiro atoms. The molecule has 1 amide bonds. The van der Waals surface area contributed by atoms with Gasteiger partial charge in [-0.15, -0.1) is 0 Å². The lowest BCUT2D eigenvalue weighted by molar-refractivity contribution is -0.116. The van der Waals surface area contributed by atoms with Gasteiger partial charge < -0.3 is 5.32 Å². The number of carbonyl (C=O) groups is 1. The van der Waals surface area contributed by atoms with Crippen molar-refractivity contribution in [1.82, 2.24) is 14.3 Å². The molecule has 0 atom stereocenters. The quantitative estimate of drug-likeness (QED) is 0.607. The van der Waals surface area contributed by atoms with Crippen molar-refractivity contribution in [2.24, 2.45) is 0 Å². The molecule has 7 heteroatoms. The Morgan fingerprint density at radius 3 is 2.48 bits per heavy atom. The van der Waals surface area contributed by atoms with Crippen LogP contribution in [0.5, 0.6) is 0 Å². The van der Waals surface area contributed by atoms with Crippen LogP contribution in [-0.4, -0.2) is 20.3 Å². The van der Waals surface area contributed by atoms with Crippen LogP contribution in [0, 0.1) is 5.82 Å². The summed E-state index contributed by atoms with van der Waals surface area (Å²) in [7, 11) is 0. The van der Waals surface area contributed by atoms with Crippen LogP contribution in [0.1, 0.15) is 0 Å². The molecule has 4 rings (SSSR count). The average Bonchev–Trinajstić information content (AvgIpc) is 2.96. The van der Waals surface area contributed by atoms with Crippen LogP contribution >= 0.6 is 0 Å². The van der Waals surface area contributed by atoms with Crippen LogP contribution in [0.15, 0.2) is 77.7 Å². The van der Waals surface area contributed by atoms with E-state index in [1.807, 2.05) is 18.2 Å². The molecule has 4 aromatic rings. The number of hydrogen-bond acceptors (Lipinski definition) is 3. The summed E-state index contributed by atoms with van der Waals surface area (Å²) in [5.74, 6) is -0.736. The molecule has 27 heavy (non-hydrogen) atoms. The first kappa shape index (κ1) is 16.7. The Hall–Kier alpha value is -3.74. The van der Waals surface area contributed by atoms with Crippen molar-refractivity contribution in [2.75, 3.05) is 5.32 Å². The highest BCUT2D eigenvalue weighted by Gasteiger charge is 2.17. The Kier molecular flexibility index (Phi) is 4.25. The minimum Gasteiger partial charge on any atom is -0.324 e. The zero-order chi connectivity index (χ0) is 18.8. The van der Waals surface area contributed by atoms with E-state index in [1.54, 1.807) is 30.5 Å². The predicted octanol–water partition coefficient (Wildman–Crippen LogP) is 2.97. The highest BCUT2D eigenvalue weighted by Crippen LogP contribution is 2.14. The maximum atomic E-state index is 13.0. The minimum atomic E-state index is -0.383. The van der Waals surface area contributed by atoms with Gasteiger partial charge in [-0.3, -0.25) is 14.3 Å². The van der Waals surface area contributed by atoms with Crippen molar-refractivity contribution in [3.63, 3.8) is 0 Å². The van der Waals surface area contributed by atoms with Crippen molar-refractivity contribution in [2.45, 2.75) is 6.54 Å². The van der Waals surface area contributed by atoms with E-state index in [4.69, 9.17) is 0 Å². The molecule has 0 radical (unpaired) electrons. The lowest BCUT2D eigenvalue weighted by Crippen LogP contribution is -2.27. The first-order valence-electron chi connectivity index (χ1n) is 8.31. The Morgan fingerprint density at radius 1 is 1.00 bits per heavy atom. The van der Waals surface area contributed by atoms with E-state index in [-0.39, 0.29) is 23.8 Å². The molecule has 0 saturated heterocycles. The van der Waals surface area contributed by atoms with E-state index in [0.29, 0.717) is 22.4 Å². The first-order chi connectivity index (χ1) is 13.1. The number of rotatable bonds is 4. The second kappa shape index (κ2) is 6.87. The number of benzene rings is 2. The smallest absolute Gasteiger partial charge is 0.280 e. The van der Waals surface area contributed by atoms with Gasteiger partial charge in [-0.25, -0.2) is 14.1 Å². The van der Waals surface area contributed by atoms with Crippen LogP contribution in [0.4, 0.5) is 10.1 Å². The predicted molar refractivity (Wildman–Crippen MR) is 100 cm³/mol. The molecule has 134 valence electrons. The van der Waals surface area contributed by atoms with Crippen molar-refractivity contribution >= 4 is 22.6 Å². The Bertz CT molecular complexity index is 1160. The van der Waals surface area contributed by atoms with Gasteiger partial charge in [0.05, 0.1) is 11.1 Å². The number of nitrogens with one attached hydrogen (secondary N) is 1. The standard InChI is InChI=1S/C20H15FN4O2/c21-14-8-10-15(11-9-14)23-18(26)13-24-19-17(7-4-12-22-19)20(27)25(24)16-5-2-1-3-6-16/h1-12H,13H2,(H,23,26). The molecule has 6 nitrogen and oxygen atoms in total. The molecule has 0 aliphatic heterocycles. The number of halogens is 1. The molecule has 0 aliphatic carbocycles. The first-order valence-corrected chi connectivity index (χ1v) is 8.31. The van der Waals surface area contributed by atoms with Gasteiger partial charge in [0.1, 0.15) is 12.4 Å². The van der Waals surface area contributed by atoms with Crippen LogP contribution in [0.2, 0.25) is 0 Å². The van der Waals surface area contributed by atoms with Crippen LogP contribution in [0.3, 0.4) is 0 Å². The molecule has 0 saturated carbocycles. The van der Waals surface area contributed by atoms with E-state index in [2.05, 4.69) is 10.3 Å². The Balaban J connectivity index is 1.75. The second-order valence-corrected chi connectivity index (χ2v) is 5.94. The molecule has 0 bridgehead atoms. The Labute approximate surface area is 153 Å². The third-order valence-electron chi connectivity index (χ3n) is 4.12. The SMILES string of the molecule is O=C(Cn1c2ncccc2c(=O)n1-c1ccccc1)Nc1ccc(F)cc1. The molecule has 1 N–H and O–H groups in total. The van der Waals surface area contributed by atoms with Crippen molar-refractivity contribution in [3.05, 3.63) is 89.1 Å². The van der Waals surface area contributed by atoms with E-state index >= 15 is 0 Å². The summed E-state index contributed by atoms with van der Waals surface area (Å²) < 4.78 is 16.0. The summed E-state index contributed by atoms with van der Waals surface area (Å²) >= 11 is 0. The van der Waals surface area contributed by atoms with Gasteiger partial charge in [-0.1, -0.05) is 18.2 Å². The molecule has 0 aliphatic rings. The molecular weight excluding hydrogens is 347 g/mol. The van der Waals surface area contributed by atoms with E-state index in [0.717, 1.165) is 0 Å². The highest BCUT2D eigenvalue weighted by molar-refractivity contribution is 5.91. The molecular formula is C20H15FN4O2. The number of hydrogen-bond donors (Lipinski definition) is 1. The van der Waals surface area contributed by atoms with Gasteiger partial charge in [0.15, 0.2) is 5.65 Å². The summed E-state index contributed by atoms with van der Waals surface area (Å²) in [6.45, 7) is -0.123. The van der Waals surface area contributed by atoms with Crippen LogP contribution in [-0.2, 0) is 11.3 Å². The fourth-order valence-electron chi connectivity index (χ4n) is 2.93. The molecule has 0 fully saturated rings. The summed E-state index contributed by atoms with van der Waals surface area (Å²) in [4.78, 5) is 29.7. The molecule has 2 aromatic carbocycles. The Morgan fingerprint density at radius 2 is 1.74 bits per heavy atom. The van der Waals surface area contributed by atoms with Crippen molar-refractivity contribution < 1.29 is 9.18 Å². The second-order valence-electron chi connectivity index (χ2n) is 5.94. The number of nitrogens with zero attached hydrogens (tertiary/aromatic N) is 3. The normalized spacial score (nSPS) is 10.9. The summed E-state index contributed by atoms with van der Waals surface area (Å²) in [5, 5.41) is 3.13. The van der Waals surface area contributed by atoms with Gasteiger partial charge in [-0.05, 0) is 48.5 Å². The van der Waals surface area contributed by atoms with Gasteiger partial charge >= 0.3 is 0 Å². The summed E-state index contributed by atoms with van der Waals surface area (Å²) in [6.07, 6.45) is 1.57.